The average molecular weight is 677 g/mol. The van der Waals surface area contributed by atoms with Gasteiger partial charge in [-0.05, 0) is 63.1 Å². The Morgan fingerprint density at radius 2 is 1.84 bits per heavy atom. The molecule has 1 aliphatic carbocycles. The van der Waals surface area contributed by atoms with Gasteiger partial charge in [0, 0.05) is 49.4 Å². The van der Waals surface area contributed by atoms with E-state index in [1.807, 2.05) is 86.4 Å². The molecular formula is C38H44N8O4. The Bertz CT molecular complexity index is 1910. The van der Waals surface area contributed by atoms with E-state index in [9.17, 15) is 14.4 Å². The summed E-state index contributed by atoms with van der Waals surface area (Å²) in [6.07, 6.45) is 5.70. The van der Waals surface area contributed by atoms with Crippen molar-refractivity contribution in [3.63, 3.8) is 0 Å². The summed E-state index contributed by atoms with van der Waals surface area (Å²) in [6, 6.07) is 18.8. The molecular weight excluding hydrogens is 632 g/mol. The summed E-state index contributed by atoms with van der Waals surface area (Å²) in [7, 11) is 3.77. The van der Waals surface area contributed by atoms with E-state index in [1.165, 1.54) is 0 Å². The van der Waals surface area contributed by atoms with Crippen LogP contribution in [0.2, 0.25) is 0 Å². The van der Waals surface area contributed by atoms with Gasteiger partial charge in [0.15, 0.2) is 0 Å². The molecule has 1 N–H and O–H groups in total. The van der Waals surface area contributed by atoms with Gasteiger partial charge in [0.1, 0.15) is 17.6 Å². The normalized spacial score (nSPS) is 19.5. The lowest BCUT2D eigenvalue weighted by Crippen LogP contribution is -2.55. The monoisotopic (exact) mass is 676 g/mol. The molecule has 2 aromatic carbocycles. The maximum absolute atomic E-state index is 14.5. The number of carbonyl (C=O) groups excluding carboxylic acids is 3. The van der Waals surface area contributed by atoms with Gasteiger partial charge in [-0.25, -0.2) is 4.68 Å². The van der Waals surface area contributed by atoms with Gasteiger partial charge in [-0.1, -0.05) is 49.0 Å². The van der Waals surface area contributed by atoms with Crippen molar-refractivity contribution >= 4 is 23.5 Å². The lowest BCUT2D eigenvalue weighted by Gasteiger charge is -2.39. The number of carbonyl (C=O) groups is 3. The first kappa shape index (κ1) is 33.4. The Hall–Kier alpha value is -5.07. The molecule has 3 atom stereocenters. The maximum Gasteiger partial charge on any atom is 0.272 e. The zero-order chi connectivity index (χ0) is 35.1. The standard InChI is InChI=1S/C38H44N8O4/c1-6-44-36-31(20-39-46(36)29-13-8-7-9-14-29)33(34(38(44)49)40-35(47)32-17-18-45(41-32)28-15-16-28)27-12-10-11-26(19-27)21-42(4)37(48)24(2)25(3)43(5)30-22-50-23-30/h7-14,17-20,25,28,30,33-34H,2,6,15-16,21-23H2,1,3-5H3,(H,40,47)/t25?,33-,34+/m1/s1. The van der Waals surface area contributed by atoms with Gasteiger partial charge in [0.2, 0.25) is 0 Å². The average Bonchev–Trinajstić information content (AvgIpc) is 3.67. The first-order valence-electron chi connectivity index (χ1n) is 17.3. The van der Waals surface area contributed by atoms with Crippen LogP contribution >= 0.6 is 0 Å². The summed E-state index contributed by atoms with van der Waals surface area (Å²) in [6.45, 7) is 10.1. The fourth-order valence-corrected chi connectivity index (χ4v) is 6.91. The molecule has 3 aliphatic rings. The summed E-state index contributed by atoms with van der Waals surface area (Å²) < 4.78 is 8.95. The minimum atomic E-state index is -0.921. The topological polar surface area (TPSA) is 118 Å². The van der Waals surface area contributed by atoms with Gasteiger partial charge in [-0.3, -0.25) is 28.9 Å². The van der Waals surface area contributed by atoms with E-state index in [2.05, 4.69) is 21.9 Å². The number of aromatic nitrogens is 4. The summed E-state index contributed by atoms with van der Waals surface area (Å²) in [4.78, 5) is 47.2. The molecule has 4 aromatic rings. The van der Waals surface area contributed by atoms with Crippen LogP contribution in [0.1, 0.15) is 65.8 Å². The Balaban J connectivity index is 1.21. The molecule has 1 saturated heterocycles. The number of nitrogens with one attached hydrogen (secondary N) is 1. The summed E-state index contributed by atoms with van der Waals surface area (Å²) in [5, 5.41) is 12.3. The fraction of sp³-hybridized carbons (Fsp3) is 0.395. The molecule has 3 amide bonds. The number of benzene rings is 2. The van der Waals surface area contributed by atoms with Gasteiger partial charge < -0.3 is 15.0 Å². The number of ether oxygens (including phenoxy) is 1. The highest BCUT2D eigenvalue weighted by Gasteiger charge is 2.44. The van der Waals surface area contributed by atoms with E-state index in [1.54, 1.807) is 33.8 Å². The molecule has 12 nitrogen and oxygen atoms in total. The SMILES string of the molecule is C=C(C(=O)N(C)Cc1cccc([C@@H]2c3cnn(-c4ccccc4)c3N(CC)C(=O)[C@H]2NC(=O)c2ccn(C3CC3)n2)c1)C(C)N(C)C1COC1. The zero-order valence-electron chi connectivity index (χ0n) is 29.0. The van der Waals surface area contributed by atoms with Crippen molar-refractivity contribution in [2.75, 3.05) is 38.8 Å². The molecule has 2 aliphatic heterocycles. The molecule has 7 rings (SSSR count). The number of hydrogen-bond donors (Lipinski definition) is 1. The van der Waals surface area contributed by atoms with E-state index in [0.29, 0.717) is 43.7 Å². The Morgan fingerprint density at radius 1 is 1.08 bits per heavy atom. The first-order chi connectivity index (χ1) is 24.2. The number of rotatable bonds is 12. The molecule has 12 heteroatoms. The second-order valence-electron chi connectivity index (χ2n) is 13.6. The van der Waals surface area contributed by atoms with Crippen LogP contribution < -0.4 is 10.2 Å². The summed E-state index contributed by atoms with van der Waals surface area (Å²) >= 11 is 0. The number of fused-ring (bicyclic) bond motifs is 1. The van der Waals surface area contributed by atoms with Gasteiger partial charge in [0.05, 0.1) is 37.2 Å². The van der Waals surface area contributed by atoms with Crippen LogP contribution in [-0.4, -0.2) is 99.1 Å². The lowest BCUT2D eigenvalue weighted by atomic mass is 9.82. The number of amides is 3. The predicted molar refractivity (Wildman–Crippen MR) is 189 cm³/mol. The second-order valence-corrected chi connectivity index (χ2v) is 13.6. The fourth-order valence-electron chi connectivity index (χ4n) is 6.91. The van der Waals surface area contributed by atoms with E-state index in [-0.39, 0.29) is 29.6 Å². The predicted octanol–water partition coefficient (Wildman–Crippen LogP) is 3.93. The summed E-state index contributed by atoms with van der Waals surface area (Å²) in [5.41, 5.74) is 4.14. The number of para-hydroxylation sites is 1. The van der Waals surface area contributed by atoms with Crippen molar-refractivity contribution in [2.24, 2.45) is 0 Å². The van der Waals surface area contributed by atoms with Gasteiger partial charge in [-0.15, -0.1) is 0 Å². The van der Waals surface area contributed by atoms with Crippen molar-refractivity contribution < 1.29 is 19.1 Å². The van der Waals surface area contributed by atoms with Gasteiger partial charge in [-0.2, -0.15) is 10.2 Å². The third-order valence-electron chi connectivity index (χ3n) is 10.3. The quantitative estimate of drug-likeness (QED) is 0.226. The molecule has 0 spiro atoms. The molecule has 0 radical (unpaired) electrons. The molecule has 1 unspecified atom stereocenters. The number of hydrogen-bond acceptors (Lipinski definition) is 7. The van der Waals surface area contributed by atoms with Crippen molar-refractivity contribution in [2.45, 2.75) is 63.3 Å². The minimum absolute atomic E-state index is 0.136. The van der Waals surface area contributed by atoms with E-state index in [4.69, 9.17) is 9.84 Å². The Morgan fingerprint density at radius 3 is 2.52 bits per heavy atom. The van der Waals surface area contributed by atoms with Crippen LogP contribution in [-0.2, 0) is 20.9 Å². The molecule has 2 aromatic heterocycles. The molecule has 1 saturated carbocycles. The first-order valence-corrected chi connectivity index (χ1v) is 17.3. The summed E-state index contributed by atoms with van der Waals surface area (Å²) in [5.74, 6) is -0.664. The molecule has 260 valence electrons. The molecule has 0 bridgehead atoms. The third kappa shape index (κ3) is 6.25. The highest BCUT2D eigenvalue weighted by atomic mass is 16.5. The van der Waals surface area contributed by atoms with Crippen LogP contribution in [0.5, 0.6) is 0 Å². The number of nitrogens with zero attached hydrogens (tertiary/aromatic N) is 7. The van der Waals surface area contributed by atoms with E-state index < -0.39 is 17.9 Å². The Kier molecular flexibility index (Phi) is 9.15. The highest BCUT2D eigenvalue weighted by Crippen LogP contribution is 2.42. The van der Waals surface area contributed by atoms with E-state index >= 15 is 0 Å². The van der Waals surface area contributed by atoms with Crippen LogP contribution in [0.3, 0.4) is 0 Å². The van der Waals surface area contributed by atoms with Gasteiger partial charge in [0.25, 0.3) is 17.7 Å². The minimum Gasteiger partial charge on any atom is -0.378 e. The van der Waals surface area contributed by atoms with Crippen molar-refractivity contribution in [3.05, 3.63) is 108 Å². The zero-order valence-corrected chi connectivity index (χ0v) is 29.0. The number of anilines is 1. The maximum atomic E-state index is 14.5. The highest BCUT2D eigenvalue weighted by molar-refractivity contribution is 6.04. The van der Waals surface area contributed by atoms with Crippen molar-refractivity contribution in [3.8, 4) is 5.69 Å². The second kappa shape index (κ2) is 13.7. The molecule has 2 fully saturated rings. The van der Waals surface area contributed by atoms with Crippen LogP contribution in [0.4, 0.5) is 5.82 Å². The lowest BCUT2D eigenvalue weighted by molar-refractivity contribution is -0.127. The third-order valence-corrected chi connectivity index (χ3v) is 10.3. The number of likely N-dealkylation sites (N-methyl/N-ethyl adjacent to an activating group) is 3. The van der Waals surface area contributed by atoms with Crippen molar-refractivity contribution in [1.82, 2.24) is 34.7 Å². The molecule has 4 heterocycles. The van der Waals surface area contributed by atoms with Crippen LogP contribution in [0.25, 0.3) is 5.69 Å². The van der Waals surface area contributed by atoms with Crippen LogP contribution in [0.15, 0.2) is 85.2 Å². The van der Waals surface area contributed by atoms with Crippen LogP contribution in [0, 0.1) is 0 Å². The van der Waals surface area contributed by atoms with Crippen molar-refractivity contribution in [1.29, 1.82) is 0 Å². The smallest absolute Gasteiger partial charge is 0.272 e. The largest absolute Gasteiger partial charge is 0.378 e. The molecule has 50 heavy (non-hydrogen) atoms. The Labute approximate surface area is 292 Å². The van der Waals surface area contributed by atoms with E-state index in [0.717, 1.165) is 35.2 Å². The van der Waals surface area contributed by atoms with Gasteiger partial charge >= 0.3 is 0 Å².